The first-order valence-electron chi connectivity index (χ1n) is 5.22. The van der Waals surface area contributed by atoms with Crippen molar-refractivity contribution in [1.82, 2.24) is 5.01 Å². The van der Waals surface area contributed by atoms with Crippen molar-refractivity contribution in [3.05, 3.63) is 35.4 Å². The molecule has 0 fully saturated rings. The van der Waals surface area contributed by atoms with Crippen molar-refractivity contribution in [2.24, 2.45) is 11.0 Å². The average Bonchev–Trinajstić information content (AvgIpc) is 2.64. The van der Waals surface area contributed by atoms with Crippen molar-refractivity contribution in [3.8, 4) is 0 Å². The summed E-state index contributed by atoms with van der Waals surface area (Å²) >= 11 is 0. The first-order chi connectivity index (χ1) is 8.09. The van der Waals surface area contributed by atoms with E-state index in [2.05, 4.69) is 5.10 Å². The van der Waals surface area contributed by atoms with Crippen LogP contribution in [0.1, 0.15) is 11.1 Å². The number of benzene rings is 1. The molecule has 1 aliphatic rings. The number of carboxylic acids is 1. The Morgan fingerprint density at radius 1 is 1.47 bits per heavy atom. The molecule has 1 heterocycles. The van der Waals surface area contributed by atoms with Crippen molar-refractivity contribution in [2.75, 3.05) is 0 Å². The Labute approximate surface area is 98.4 Å². The van der Waals surface area contributed by atoms with Gasteiger partial charge in [-0.15, -0.1) is 0 Å². The predicted octanol–water partition coefficient (Wildman–Crippen LogP) is 1.02. The highest BCUT2D eigenvalue weighted by Gasteiger charge is 2.34. The van der Waals surface area contributed by atoms with Gasteiger partial charge in [0, 0.05) is 6.21 Å². The Balaban J connectivity index is 2.13. The fourth-order valence-corrected chi connectivity index (χ4v) is 1.67. The van der Waals surface area contributed by atoms with Crippen LogP contribution in [0.5, 0.6) is 0 Å². The lowest BCUT2D eigenvalue weighted by Crippen LogP contribution is -2.30. The van der Waals surface area contributed by atoms with Crippen molar-refractivity contribution in [1.29, 1.82) is 0 Å². The second-order valence-corrected chi connectivity index (χ2v) is 3.90. The van der Waals surface area contributed by atoms with Crippen LogP contribution >= 0.6 is 0 Å². The topological polar surface area (TPSA) is 70.0 Å². The van der Waals surface area contributed by atoms with Gasteiger partial charge in [0.05, 0.1) is 6.54 Å². The lowest BCUT2D eigenvalue weighted by molar-refractivity contribution is -0.146. The molecule has 1 aromatic carbocycles. The highest BCUT2D eigenvalue weighted by Crippen LogP contribution is 2.16. The first kappa shape index (κ1) is 11.3. The molecule has 1 atom stereocenters. The molecule has 17 heavy (non-hydrogen) atoms. The van der Waals surface area contributed by atoms with Crippen LogP contribution in [0.15, 0.2) is 29.4 Å². The van der Waals surface area contributed by atoms with E-state index in [4.69, 9.17) is 5.11 Å². The standard InChI is InChI=1S/C12H12N2O3/c1-8-4-2-3-5-9(8)7-14-11(15)10(6-13-14)12(16)17/h2-6,10H,7H2,1H3,(H,16,17). The molecule has 0 saturated carbocycles. The van der Waals surface area contributed by atoms with Crippen molar-refractivity contribution in [2.45, 2.75) is 13.5 Å². The van der Waals surface area contributed by atoms with Gasteiger partial charge in [-0.2, -0.15) is 5.10 Å². The molecule has 0 aromatic heterocycles. The zero-order valence-electron chi connectivity index (χ0n) is 9.33. The average molecular weight is 232 g/mol. The maximum atomic E-state index is 11.7. The summed E-state index contributed by atoms with van der Waals surface area (Å²) in [5.74, 6) is -2.79. The smallest absolute Gasteiger partial charge is 0.321 e. The fraction of sp³-hybridized carbons (Fsp3) is 0.250. The zero-order valence-corrected chi connectivity index (χ0v) is 9.33. The number of nitrogens with zero attached hydrogens (tertiary/aromatic N) is 2. The van der Waals surface area contributed by atoms with Crippen molar-refractivity contribution >= 4 is 18.1 Å². The Morgan fingerprint density at radius 3 is 2.76 bits per heavy atom. The quantitative estimate of drug-likeness (QED) is 0.791. The van der Waals surface area contributed by atoms with E-state index in [1.807, 2.05) is 31.2 Å². The van der Waals surface area contributed by atoms with Gasteiger partial charge in [0.15, 0.2) is 5.92 Å². The van der Waals surface area contributed by atoms with Crippen molar-refractivity contribution in [3.63, 3.8) is 0 Å². The molecular formula is C12H12N2O3. The van der Waals surface area contributed by atoms with Gasteiger partial charge in [-0.05, 0) is 18.1 Å². The lowest BCUT2D eigenvalue weighted by atomic mass is 10.1. The molecule has 2 rings (SSSR count). The summed E-state index contributed by atoms with van der Waals surface area (Å²) in [6.07, 6.45) is 1.17. The Kier molecular flexibility index (Phi) is 2.91. The third-order valence-electron chi connectivity index (χ3n) is 2.72. The number of hydrogen-bond acceptors (Lipinski definition) is 3. The second kappa shape index (κ2) is 4.37. The van der Waals surface area contributed by atoms with Crippen LogP contribution < -0.4 is 0 Å². The summed E-state index contributed by atoms with van der Waals surface area (Å²) < 4.78 is 0. The minimum absolute atomic E-state index is 0.311. The van der Waals surface area contributed by atoms with Gasteiger partial charge in [-0.25, -0.2) is 5.01 Å². The molecule has 1 aliphatic heterocycles. The van der Waals surface area contributed by atoms with E-state index in [1.165, 1.54) is 11.2 Å². The second-order valence-electron chi connectivity index (χ2n) is 3.90. The predicted molar refractivity (Wildman–Crippen MR) is 61.3 cm³/mol. The molecule has 1 amide bonds. The van der Waals surface area contributed by atoms with E-state index in [-0.39, 0.29) is 0 Å². The van der Waals surface area contributed by atoms with Crippen LogP contribution in [0.4, 0.5) is 0 Å². The Bertz CT molecular complexity index is 496. The lowest BCUT2D eigenvalue weighted by Gasteiger charge is -2.14. The number of hydrogen-bond donors (Lipinski definition) is 1. The number of rotatable bonds is 3. The molecule has 1 unspecified atom stereocenters. The van der Waals surface area contributed by atoms with Crippen molar-refractivity contribution < 1.29 is 14.7 Å². The molecule has 0 aliphatic carbocycles. The Hall–Kier alpha value is -2.17. The van der Waals surface area contributed by atoms with Gasteiger partial charge in [-0.1, -0.05) is 24.3 Å². The van der Waals surface area contributed by atoms with Gasteiger partial charge in [0.1, 0.15) is 0 Å². The molecule has 1 N–H and O–H groups in total. The molecule has 5 heteroatoms. The molecule has 0 bridgehead atoms. The van der Waals surface area contributed by atoms with Gasteiger partial charge >= 0.3 is 5.97 Å². The number of aryl methyl sites for hydroxylation is 1. The molecule has 0 radical (unpaired) electrons. The van der Waals surface area contributed by atoms with Crippen LogP contribution in [-0.2, 0) is 16.1 Å². The largest absolute Gasteiger partial charge is 0.480 e. The van der Waals surface area contributed by atoms with E-state index < -0.39 is 17.8 Å². The summed E-state index contributed by atoms with van der Waals surface area (Å²) in [4.78, 5) is 22.4. The monoisotopic (exact) mass is 232 g/mol. The summed E-state index contributed by atoms with van der Waals surface area (Å²) in [5.41, 5.74) is 2.01. The zero-order chi connectivity index (χ0) is 12.4. The summed E-state index contributed by atoms with van der Waals surface area (Å²) in [6.45, 7) is 2.25. The minimum Gasteiger partial charge on any atom is -0.480 e. The minimum atomic E-state index is -1.16. The van der Waals surface area contributed by atoms with E-state index >= 15 is 0 Å². The number of carbonyl (C=O) groups excluding carboxylic acids is 1. The third kappa shape index (κ3) is 2.18. The summed E-state index contributed by atoms with van der Waals surface area (Å²) in [7, 11) is 0. The Morgan fingerprint density at radius 2 is 2.18 bits per heavy atom. The normalized spacial score (nSPS) is 18.8. The van der Waals surface area contributed by atoms with E-state index in [0.717, 1.165) is 11.1 Å². The van der Waals surface area contributed by atoms with Gasteiger partial charge in [-0.3, -0.25) is 9.59 Å². The summed E-state index contributed by atoms with van der Waals surface area (Å²) in [5, 5.41) is 13.8. The SMILES string of the molecule is Cc1ccccc1CN1N=CC(C(=O)O)C1=O. The number of carbonyl (C=O) groups is 2. The molecule has 5 nitrogen and oxygen atoms in total. The first-order valence-corrected chi connectivity index (χ1v) is 5.22. The molecule has 0 spiro atoms. The van der Waals surface area contributed by atoms with Crippen LogP contribution in [0.2, 0.25) is 0 Å². The van der Waals surface area contributed by atoms with Crippen LogP contribution in [0.3, 0.4) is 0 Å². The van der Waals surface area contributed by atoms with E-state index in [9.17, 15) is 9.59 Å². The van der Waals surface area contributed by atoms with Gasteiger partial charge in [0.25, 0.3) is 5.91 Å². The van der Waals surface area contributed by atoms with E-state index in [0.29, 0.717) is 6.54 Å². The molecule has 88 valence electrons. The van der Waals surface area contributed by atoms with Gasteiger partial charge < -0.3 is 5.11 Å². The number of amides is 1. The molecular weight excluding hydrogens is 220 g/mol. The molecule has 1 aromatic rings. The van der Waals surface area contributed by atoms with Crippen LogP contribution in [-0.4, -0.2) is 28.2 Å². The number of hydrazone groups is 1. The van der Waals surface area contributed by atoms with Crippen LogP contribution in [0.25, 0.3) is 0 Å². The van der Waals surface area contributed by atoms with Gasteiger partial charge in [0.2, 0.25) is 0 Å². The maximum Gasteiger partial charge on any atom is 0.321 e. The third-order valence-corrected chi connectivity index (χ3v) is 2.72. The highest BCUT2D eigenvalue weighted by molar-refractivity contribution is 6.12. The highest BCUT2D eigenvalue weighted by atomic mass is 16.4. The number of aliphatic carboxylic acids is 1. The van der Waals surface area contributed by atoms with Crippen LogP contribution in [0, 0.1) is 12.8 Å². The maximum absolute atomic E-state index is 11.7. The van der Waals surface area contributed by atoms with E-state index in [1.54, 1.807) is 0 Å². The summed E-state index contributed by atoms with van der Waals surface area (Å²) in [6, 6.07) is 7.62. The fourth-order valence-electron chi connectivity index (χ4n) is 1.67. The molecule has 0 saturated heterocycles. The number of carboxylic acid groups (broad SMARTS) is 1.